The van der Waals surface area contributed by atoms with Crippen LogP contribution in [0.4, 0.5) is 0 Å². The van der Waals surface area contributed by atoms with Crippen molar-refractivity contribution in [2.45, 2.75) is 19.8 Å². The van der Waals surface area contributed by atoms with Crippen molar-refractivity contribution in [3.05, 3.63) is 33.8 Å². The molecule has 0 saturated carbocycles. The zero-order valence-electron chi connectivity index (χ0n) is 8.84. The van der Waals surface area contributed by atoms with Crippen LogP contribution in [0.3, 0.4) is 0 Å². The average Bonchev–Trinajstić information content (AvgIpc) is 2.23. The van der Waals surface area contributed by atoms with Gasteiger partial charge < -0.3 is 0 Å². The predicted octanol–water partition coefficient (Wildman–Crippen LogP) is 3.24. The van der Waals surface area contributed by atoms with Gasteiger partial charge in [0.15, 0.2) is 0 Å². The zero-order valence-corrected chi connectivity index (χ0v) is 10.3. The Morgan fingerprint density at radius 3 is 2.62 bits per heavy atom. The molecule has 1 aromatic carbocycles. The first-order valence-electron chi connectivity index (χ1n) is 4.91. The third-order valence-corrected chi connectivity index (χ3v) is 2.52. The molecule has 0 heterocycles. The van der Waals surface area contributed by atoms with E-state index in [9.17, 15) is 4.79 Å². The Bertz CT molecular complexity index is 385. The van der Waals surface area contributed by atoms with Crippen molar-refractivity contribution in [2.24, 2.45) is 5.10 Å². The smallest absolute Gasteiger partial charge is 0.240 e. The number of nitrogens with zero attached hydrogens (tertiary/aromatic N) is 1. The second-order valence-electron chi connectivity index (χ2n) is 3.18. The summed E-state index contributed by atoms with van der Waals surface area (Å²) in [5.41, 5.74) is 3.00. The summed E-state index contributed by atoms with van der Waals surface area (Å²) in [7, 11) is 0. The molecule has 0 atom stereocenters. The first kappa shape index (κ1) is 13.0. The monoisotopic (exact) mass is 258 g/mol. The average molecular weight is 259 g/mol. The van der Waals surface area contributed by atoms with E-state index in [4.69, 9.17) is 23.2 Å². The van der Waals surface area contributed by atoms with Crippen molar-refractivity contribution in [3.8, 4) is 0 Å². The van der Waals surface area contributed by atoms with Gasteiger partial charge in [0.05, 0.1) is 16.3 Å². The van der Waals surface area contributed by atoms with Crippen molar-refractivity contribution in [3.63, 3.8) is 0 Å². The first-order valence-corrected chi connectivity index (χ1v) is 5.66. The molecule has 0 aliphatic heterocycles. The van der Waals surface area contributed by atoms with Gasteiger partial charge in [0.2, 0.25) is 5.91 Å². The van der Waals surface area contributed by atoms with Gasteiger partial charge in [0.25, 0.3) is 0 Å². The Morgan fingerprint density at radius 2 is 2.06 bits per heavy atom. The number of nitrogens with one attached hydrogen (secondary N) is 1. The standard InChI is InChI=1S/C11H12Cl2N2O/c1-2-4-11(16)15-14-7-8-9(12)5-3-6-10(8)13/h3,5-7H,2,4H2,1H3,(H,15,16)/b14-7-. The number of carbonyl (C=O) groups excluding carboxylic acids is 1. The molecule has 0 aromatic heterocycles. The minimum atomic E-state index is -0.123. The quantitative estimate of drug-likeness (QED) is 0.654. The topological polar surface area (TPSA) is 41.5 Å². The molecule has 1 amide bonds. The van der Waals surface area contributed by atoms with Crippen LogP contribution in [0.15, 0.2) is 23.3 Å². The highest BCUT2D eigenvalue weighted by molar-refractivity contribution is 6.38. The number of halogens is 2. The number of hydrazone groups is 1. The molecule has 3 nitrogen and oxygen atoms in total. The van der Waals surface area contributed by atoms with Crippen molar-refractivity contribution >= 4 is 35.3 Å². The molecular weight excluding hydrogens is 247 g/mol. The molecule has 0 fully saturated rings. The molecule has 0 bridgehead atoms. The van der Waals surface area contributed by atoms with Crippen molar-refractivity contribution in [2.75, 3.05) is 0 Å². The van der Waals surface area contributed by atoms with Crippen LogP contribution < -0.4 is 5.43 Å². The molecule has 0 unspecified atom stereocenters. The molecule has 0 saturated heterocycles. The van der Waals surface area contributed by atoms with Crippen LogP contribution in [0.2, 0.25) is 10.0 Å². The third kappa shape index (κ3) is 3.83. The van der Waals surface area contributed by atoms with Crippen LogP contribution in [0, 0.1) is 0 Å². The van der Waals surface area contributed by atoms with Gasteiger partial charge in [-0.15, -0.1) is 0 Å². The maximum atomic E-state index is 11.1. The van der Waals surface area contributed by atoms with E-state index >= 15 is 0 Å². The summed E-state index contributed by atoms with van der Waals surface area (Å²) in [6.07, 6.45) is 2.68. The molecule has 1 rings (SSSR count). The van der Waals surface area contributed by atoms with Gasteiger partial charge in [0.1, 0.15) is 0 Å². The molecule has 0 radical (unpaired) electrons. The fraction of sp³-hybridized carbons (Fsp3) is 0.273. The first-order chi connectivity index (χ1) is 7.65. The third-order valence-electron chi connectivity index (χ3n) is 1.86. The Hall–Kier alpha value is -1.06. The lowest BCUT2D eigenvalue weighted by atomic mass is 10.2. The van der Waals surface area contributed by atoms with Gasteiger partial charge in [-0.3, -0.25) is 4.79 Å². The molecular formula is C11H12Cl2N2O. The van der Waals surface area contributed by atoms with Crippen LogP contribution in [0.1, 0.15) is 25.3 Å². The minimum Gasteiger partial charge on any atom is -0.273 e. The van der Waals surface area contributed by atoms with Crippen LogP contribution in [0.5, 0.6) is 0 Å². The van der Waals surface area contributed by atoms with Crippen molar-refractivity contribution in [1.29, 1.82) is 0 Å². The van der Waals surface area contributed by atoms with Gasteiger partial charge in [0, 0.05) is 12.0 Å². The number of rotatable bonds is 4. The van der Waals surface area contributed by atoms with E-state index in [0.717, 1.165) is 6.42 Å². The largest absolute Gasteiger partial charge is 0.273 e. The highest BCUT2D eigenvalue weighted by atomic mass is 35.5. The van der Waals surface area contributed by atoms with Crippen LogP contribution in [-0.4, -0.2) is 12.1 Å². The van der Waals surface area contributed by atoms with Gasteiger partial charge in [-0.2, -0.15) is 5.10 Å². The molecule has 1 N–H and O–H groups in total. The van der Waals surface area contributed by atoms with Gasteiger partial charge >= 0.3 is 0 Å². The van der Waals surface area contributed by atoms with E-state index in [1.807, 2.05) is 6.92 Å². The van der Waals surface area contributed by atoms with E-state index in [1.54, 1.807) is 18.2 Å². The van der Waals surface area contributed by atoms with Crippen molar-refractivity contribution in [1.82, 2.24) is 5.43 Å². The highest BCUT2D eigenvalue weighted by Gasteiger charge is 2.02. The van der Waals surface area contributed by atoms with E-state index in [2.05, 4.69) is 10.5 Å². The molecule has 0 aliphatic rings. The number of benzene rings is 1. The SMILES string of the molecule is CCCC(=O)N/N=C\c1c(Cl)cccc1Cl. The minimum absolute atomic E-state index is 0.123. The molecule has 0 spiro atoms. The lowest BCUT2D eigenvalue weighted by Crippen LogP contribution is -2.16. The van der Waals surface area contributed by atoms with E-state index in [-0.39, 0.29) is 5.91 Å². The summed E-state index contributed by atoms with van der Waals surface area (Å²) >= 11 is 11.8. The Kier molecular flexibility index (Phi) is 5.29. The summed E-state index contributed by atoms with van der Waals surface area (Å²) in [6, 6.07) is 5.17. The van der Waals surface area contributed by atoms with Crippen LogP contribution in [-0.2, 0) is 4.79 Å². The molecule has 16 heavy (non-hydrogen) atoms. The fourth-order valence-corrected chi connectivity index (χ4v) is 1.58. The van der Waals surface area contributed by atoms with E-state index in [0.29, 0.717) is 22.0 Å². The van der Waals surface area contributed by atoms with E-state index < -0.39 is 0 Å². The van der Waals surface area contributed by atoms with E-state index in [1.165, 1.54) is 6.21 Å². The second kappa shape index (κ2) is 6.51. The maximum Gasteiger partial charge on any atom is 0.240 e. The molecule has 0 aliphatic carbocycles. The summed E-state index contributed by atoms with van der Waals surface area (Å²) in [5, 5.41) is 4.79. The Labute approximate surface area is 104 Å². The number of amides is 1. The summed E-state index contributed by atoms with van der Waals surface area (Å²) in [5.74, 6) is -0.123. The number of hydrogen-bond acceptors (Lipinski definition) is 2. The van der Waals surface area contributed by atoms with Crippen LogP contribution >= 0.6 is 23.2 Å². The molecule has 1 aromatic rings. The second-order valence-corrected chi connectivity index (χ2v) is 3.99. The summed E-state index contributed by atoms with van der Waals surface area (Å²) < 4.78 is 0. The summed E-state index contributed by atoms with van der Waals surface area (Å²) in [6.45, 7) is 1.92. The van der Waals surface area contributed by atoms with Gasteiger partial charge in [-0.05, 0) is 18.6 Å². The Balaban J connectivity index is 2.66. The fourth-order valence-electron chi connectivity index (χ4n) is 1.09. The lowest BCUT2D eigenvalue weighted by Gasteiger charge is -2.00. The Morgan fingerprint density at radius 1 is 1.44 bits per heavy atom. The maximum absolute atomic E-state index is 11.1. The zero-order chi connectivity index (χ0) is 12.0. The molecule has 5 heteroatoms. The normalized spacial score (nSPS) is 10.7. The van der Waals surface area contributed by atoms with Crippen LogP contribution in [0.25, 0.3) is 0 Å². The van der Waals surface area contributed by atoms with Gasteiger partial charge in [-0.1, -0.05) is 36.2 Å². The lowest BCUT2D eigenvalue weighted by molar-refractivity contribution is -0.121. The van der Waals surface area contributed by atoms with Crippen molar-refractivity contribution < 1.29 is 4.79 Å². The number of hydrogen-bond donors (Lipinski definition) is 1. The molecule has 86 valence electrons. The predicted molar refractivity (Wildman–Crippen MR) is 67.1 cm³/mol. The summed E-state index contributed by atoms with van der Waals surface area (Å²) in [4.78, 5) is 11.1. The number of carbonyl (C=O) groups is 1. The van der Waals surface area contributed by atoms with Gasteiger partial charge in [-0.25, -0.2) is 5.43 Å². The highest BCUT2D eigenvalue weighted by Crippen LogP contribution is 2.21.